The summed E-state index contributed by atoms with van der Waals surface area (Å²) in [6.45, 7) is 2.87. The maximum Gasteiger partial charge on any atom is 0.328 e. The molecule has 1 N–H and O–H groups in total. The van der Waals surface area contributed by atoms with Crippen molar-refractivity contribution in [3.05, 3.63) is 59.7 Å². The first kappa shape index (κ1) is 23.1. The number of carbonyl (C=O) groups is 2. The van der Waals surface area contributed by atoms with Gasteiger partial charge in [-0.15, -0.1) is 10.2 Å². The van der Waals surface area contributed by atoms with Gasteiger partial charge in [-0.25, -0.2) is 4.79 Å². The van der Waals surface area contributed by atoms with Crippen molar-refractivity contribution >= 4 is 45.8 Å². The van der Waals surface area contributed by atoms with Gasteiger partial charge in [-0.3, -0.25) is 4.79 Å². The van der Waals surface area contributed by atoms with Crippen LogP contribution in [-0.4, -0.2) is 52.5 Å². The van der Waals surface area contributed by atoms with E-state index in [2.05, 4.69) is 15.5 Å². The van der Waals surface area contributed by atoms with Crippen LogP contribution in [0.15, 0.2) is 52.9 Å². The van der Waals surface area contributed by atoms with E-state index in [1.807, 2.05) is 55.5 Å². The number of benzene rings is 2. The highest BCUT2D eigenvalue weighted by atomic mass is 32.2. The fourth-order valence-corrected chi connectivity index (χ4v) is 5.27. The molecule has 3 aromatic rings. The van der Waals surface area contributed by atoms with Crippen molar-refractivity contribution in [2.75, 3.05) is 24.8 Å². The maximum atomic E-state index is 13.0. The Balaban J connectivity index is 1.40. The molecule has 172 valence electrons. The monoisotopic (exact) mass is 484 g/mol. The predicted molar refractivity (Wildman–Crippen MR) is 128 cm³/mol. The Kier molecular flexibility index (Phi) is 7.46. The number of carbonyl (C=O) groups excluding carboxylic acids is 2. The number of aromatic nitrogens is 2. The topological polar surface area (TPSA) is 93.6 Å². The van der Waals surface area contributed by atoms with E-state index in [4.69, 9.17) is 9.47 Å². The van der Waals surface area contributed by atoms with Gasteiger partial charge in [-0.2, -0.15) is 0 Å². The van der Waals surface area contributed by atoms with Crippen molar-refractivity contribution in [1.82, 2.24) is 15.1 Å². The van der Waals surface area contributed by atoms with Gasteiger partial charge < -0.3 is 19.7 Å². The lowest BCUT2D eigenvalue weighted by atomic mass is 9.94. The summed E-state index contributed by atoms with van der Waals surface area (Å²) in [4.78, 5) is 27.0. The molecule has 1 aromatic heterocycles. The average Bonchev–Trinajstić information content (AvgIpc) is 3.30. The number of nitrogens with zero attached hydrogens (tertiary/aromatic N) is 3. The second-order valence-electron chi connectivity index (χ2n) is 7.25. The van der Waals surface area contributed by atoms with Gasteiger partial charge in [0, 0.05) is 13.0 Å². The Morgan fingerprint density at radius 3 is 2.70 bits per heavy atom. The number of thioether (sulfide) groups is 1. The Morgan fingerprint density at radius 1 is 1.15 bits per heavy atom. The van der Waals surface area contributed by atoms with Crippen LogP contribution in [0.25, 0.3) is 0 Å². The lowest BCUT2D eigenvalue weighted by Gasteiger charge is -2.35. The summed E-state index contributed by atoms with van der Waals surface area (Å²) < 4.78 is 11.2. The lowest BCUT2D eigenvalue weighted by molar-refractivity contribution is -0.153. The lowest BCUT2D eigenvalue weighted by Crippen LogP contribution is -2.49. The number of amides is 1. The molecule has 8 nitrogen and oxygen atoms in total. The van der Waals surface area contributed by atoms with Gasteiger partial charge in [0.1, 0.15) is 11.8 Å². The molecule has 1 amide bonds. The largest absolute Gasteiger partial charge is 0.492 e. The second-order valence-corrected chi connectivity index (χ2v) is 9.45. The van der Waals surface area contributed by atoms with Crippen LogP contribution in [0.5, 0.6) is 5.75 Å². The molecular weight excluding hydrogens is 460 g/mol. The Morgan fingerprint density at radius 2 is 1.91 bits per heavy atom. The molecular formula is C23H24N4O4S2. The minimum atomic E-state index is -0.625. The van der Waals surface area contributed by atoms with Crippen molar-refractivity contribution in [3.8, 4) is 5.75 Å². The van der Waals surface area contributed by atoms with Gasteiger partial charge in [0.2, 0.25) is 11.0 Å². The van der Waals surface area contributed by atoms with Gasteiger partial charge in [0.05, 0.1) is 25.2 Å². The van der Waals surface area contributed by atoms with E-state index >= 15 is 0 Å². The quantitative estimate of drug-likeness (QED) is 0.380. The molecule has 0 fully saturated rings. The molecule has 0 spiro atoms. The van der Waals surface area contributed by atoms with Gasteiger partial charge >= 0.3 is 5.97 Å². The first-order chi connectivity index (χ1) is 16.1. The number of para-hydroxylation sites is 2. The van der Waals surface area contributed by atoms with Crippen LogP contribution in [0, 0.1) is 0 Å². The number of fused-ring (bicyclic) bond motifs is 1. The average molecular weight is 485 g/mol. The number of anilines is 2. The Labute approximate surface area is 200 Å². The molecule has 0 saturated heterocycles. The molecule has 4 rings (SSSR count). The van der Waals surface area contributed by atoms with Crippen LogP contribution in [0.1, 0.15) is 18.1 Å². The Hall–Kier alpha value is -3.11. The molecule has 1 atom stereocenters. The normalized spacial score (nSPS) is 15.0. The third-order valence-corrected chi connectivity index (χ3v) is 7.15. The van der Waals surface area contributed by atoms with E-state index < -0.39 is 12.0 Å². The zero-order chi connectivity index (χ0) is 23.2. The van der Waals surface area contributed by atoms with E-state index in [-0.39, 0.29) is 11.7 Å². The van der Waals surface area contributed by atoms with Gasteiger partial charge in [-0.05, 0) is 30.2 Å². The minimum Gasteiger partial charge on any atom is -0.492 e. The van der Waals surface area contributed by atoms with E-state index in [1.165, 1.54) is 30.2 Å². The summed E-state index contributed by atoms with van der Waals surface area (Å²) in [5, 5.41) is 12.2. The first-order valence-electron chi connectivity index (χ1n) is 10.5. The van der Waals surface area contributed by atoms with Crippen LogP contribution in [0.3, 0.4) is 0 Å². The van der Waals surface area contributed by atoms with E-state index in [0.29, 0.717) is 29.0 Å². The molecule has 33 heavy (non-hydrogen) atoms. The minimum absolute atomic E-state index is 0.142. The van der Waals surface area contributed by atoms with Crippen LogP contribution < -0.4 is 10.1 Å². The maximum absolute atomic E-state index is 13.0. The fourth-order valence-electron chi connectivity index (χ4n) is 3.62. The van der Waals surface area contributed by atoms with Crippen molar-refractivity contribution in [3.63, 3.8) is 0 Å². The number of rotatable bonds is 8. The summed E-state index contributed by atoms with van der Waals surface area (Å²) in [6, 6.07) is 14.8. The zero-order valence-electron chi connectivity index (χ0n) is 18.3. The van der Waals surface area contributed by atoms with Crippen LogP contribution >= 0.6 is 23.1 Å². The highest BCUT2D eigenvalue weighted by Gasteiger charge is 2.35. The molecule has 1 aliphatic heterocycles. The third-order valence-electron chi connectivity index (χ3n) is 5.20. The summed E-state index contributed by atoms with van der Waals surface area (Å²) >= 11 is 2.66. The molecule has 0 saturated carbocycles. The third kappa shape index (κ3) is 5.45. The molecule has 10 heteroatoms. The van der Waals surface area contributed by atoms with Crippen molar-refractivity contribution in [2.45, 2.75) is 30.3 Å². The number of hydrogen-bond donors (Lipinski definition) is 1. The molecule has 0 aliphatic carbocycles. The number of ether oxygens (including phenoxy) is 2. The molecule has 0 radical (unpaired) electrons. The summed E-state index contributed by atoms with van der Waals surface area (Å²) in [5.74, 6) is 0.341. The number of nitrogens with one attached hydrogen (secondary N) is 1. The predicted octanol–water partition coefficient (Wildman–Crippen LogP) is 3.90. The van der Waals surface area contributed by atoms with Crippen LogP contribution in [0.4, 0.5) is 10.8 Å². The smallest absolute Gasteiger partial charge is 0.328 e. The van der Waals surface area contributed by atoms with Gasteiger partial charge in [0.25, 0.3) is 0 Å². The highest BCUT2D eigenvalue weighted by Crippen LogP contribution is 2.32. The summed E-state index contributed by atoms with van der Waals surface area (Å²) in [6.07, 6.45) is 0.450. The fraction of sp³-hybridized carbons (Fsp3) is 0.304. The van der Waals surface area contributed by atoms with Gasteiger partial charge in [0.15, 0.2) is 4.34 Å². The molecule has 2 aromatic carbocycles. The van der Waals surface area contributed by atoms with E-state index in [0.717, 1.165) is 22.6 Å². The molecule has 0 bridgehead atoms. The van der Waals surface area contributed by atoms with E-state index in [1.54, 1.807) is 4.90 Å². The summed E-state index contributed by atoms with van der Waals surface area (Å²) in [7, 11) is 1.35. The second kappa shape index (κ2) is 10.7. The molecule has 2 heterocycles. The van der Waals surface area contributed by atoms with Crippen molar-refractivity contribution in [1.29, 1.82) is 0 Å². The van der Waals surface area contributed by atoms with Crippen LogP contribution in [0.2, 0.25) is 0 Å². The van der Waals surface area contributed by atoms with Crippen molar-refractivity contribution < 1.29 is 19.1 Å². The zero-order valence-corrected chi connectivity index (χ0v) is 19.9. The number of hydrogen-bond acceptors (Lipinski definition) is 9. The van der Waals surface area contributed by atoms with Crippen LogP contribution in [-0.2, 0) is 27.3 Å². The Bertz CT molecular complexity index is 1140. The molecule has 1 aliphatic rings. The first-order valence-corrected chi connectivity index (χ1v) is 12.3. The molecule has 1 unspecified atom stereocenters. The highest BCUT2D eigenvalue weighted by molar-refractivity contribution is 8.01. The standard InChI is InChI=1S/C23H24N4O4S2/c1-3-31-19-11-7-6-10-17(19)24-22-25-26-23(33-22)32-14-20(28)27-13-16-9-5-4-8-15(16)12-18(27)21(29)30-2/h4-11,18H,3,12-14H2,1-2H3,(H,24,25). The van der Waals surface area contributed by atoms with Crippen molar-refractivity contribution in [2.24, 2.45) is 0 Å². The number of esters is 1. The SMILES string of the molecule is CCOc1ccccc1Nc1nnc(SCC(=O)N2Cc3ccccc3CC2C(=O)OC)s1. The van der Waals surface area contributed by atoms with E-state index in [9.17, 15) is 9.59 Å². The number of methoxy groups -OCH3 is 1. The van der Waals surface area contributed by atoms with Gasteiger partial charge in [-0.1, -0.05) is 59.5 Å². The summed E-state index contributed by atoms with van der Waals surface area (Å²) in [5.41, 5.74) is 2.92.